The van der Waals surface area contributed by atoms with Crippen molar-refractivity contribution < 1.29 is 13.9 Å². The van der Waals surface area contributed by atoms with E-state index in [-0.39, 0.29) is 29.1 Å². The molecule has 1 fully saturated rings. The molecule has 5 aromatic rings. The van der Waals surface area contributed by atoms with Gasteiger partial charge in [-0.05, 0) is 32.1 Å². The molecule has 13 nitrogen and oxygen atoms in total. The van der Waals surface area contributed by atoms with Crippen molar-refractivity contribution in [3.63, 3.8) is 0 Å². The van der Waals surface area contributed by atoms with Crippen LogP contribution >= 0.6 is 0 Å². The first-order valence-electron chi connectivity index (χ1n) is 12.5. The third-order valence-corrected chi connectivity index (χ3v) is 6.68. The molecule has 1 aliphatic heterocycles. The van der Waals surface area contributed by atoms with Crippen LogP contribution in [0, 0.1) is 12.7 Å². The van der Waals surface area contributed by atoms with Crippen LogP contribution in [0.25, 0.3) is 16.7 Å². The van der Waals surface area contributed by atoms with Crippen LogP contribution in [0.1, 0.15) is 12.5 Å². The second-order valence-corrected chi connectivity index (χ2v) is 9.22. The summed E-state index contributed by atoms with van der Waals surface area (Å²) in [6, 6.07) is 4.76. The van der Waals surface area contributed by atoms with Crippen molar-refractivity contribution in [2.45, 2.75) is 19.9 Å². The predicted molar refractivity (Wildman–Crippen MR) is 144 cm³/mol. The highest BCUT2D eigenvalue weighted by Gasteiger charge is 2.27. The molecule has 1 aromatic carbocycles. The number of hydrogen-bond donors (Lipinski definition) is 1. The zero-order chi connectivity index (χ0) is 27.8. The van der Waals surface area contributed by atoms with Crippen molar-refractivity contribution in [1.82, 2.24) is 44.4 Å². The summed E-state index contributed by atoms with van der Waals surface area (Å²) in [6.45, 7) is 8.78. The number of halogens is 1. The Morgan fingerprint density at radius 2 is 2.05 bits per heavy atom. The highest BCUT2D eigenvalue weighted by atomic mass is 19.1. The Bertz CT molecular complexity index is 1760. The molecule has 0 saturated carbocycles. The fourth-order valence-corrected chi connectivity index (χ4v) is 4.55. The van der Waals surface area contributed by atoms with E-state index in [0.29, 0.717) is 53.8 Å². The van der Waals surface area contributed by atoms with E-state index >= 15 is 4.39 Å². The van der Waals surface area contributed by atoms with Crippen molar-refractivity contribution in [3.05, 3.63) is 67.4 Å². The fraction of sp³-hybridized carbons (Fsp3) is 0.231. The number of nitrogens with one attached hydrogen (secondary N) is 1. The maximum Gasteiger partial charge on any atom is 0.246 e. The van der Waals surface area contributed by atoms with E-state index < -0.39 is 5.82 Å². The van der Waals surface area contributed by atoms with Gasteiger partial charge in [0.2, 0.25) is 17.7 Å². The van der Waals surface area contributed by atoms with E-state index in [9.17, 15) is 4.79 Å². The number of carbonyl (C=O) groups excluding carboxylic acids is 1. The van der Waals surface area contributed by atoms with Crippen LogP contribution in [0.2, 0.25) is 0 Å². The van der Waals surface area contributed by atoms with Gasteiger partial charge in [0.1, 0.15) is 35.8 Å². The van der Waals surface area contributed by atoms with E-state index in [2.05, 4.69) is 41.9 Å². The van der Waals surface area contributed by atoms with Crippen LogP contribution in [0.5, 0.6) is 11.6 Å². The zero-order valence-corrected chi connectivity index (χ0v) is 21.7. The monoisotopic (exact) mass is 541 g/mol. The number of benzene rings is 1. The van der Waals surface area contributed by atoms with E-state index in [1.54, 1.807) is 36.2 Å². The van der Waals surface area contributed by atoms with Crippen molar-refractivity contribution in [2.24, 2.45) is 0 Å². The van der Waals surface area contributed by atoms with Gasteiger partial charge in [-0.1, -0.05) is 6.58 Å². The summed E-state index contributed by atoms with van der Waals surface area (Å²) in [5.41, 5.74) is 1.97. The predicted octanol–water partition coefficient (Wildman–Crippen LogP) is 3.06. The minimum absolute atomic E-state index is 0.0468. The summed E-state index contributed by atoms with van der Waals surface area (Å²) in [7, 11) is 0. The minimum atomic E-state index is -0.515. The molecule has 6 rings (SSSR count). The highest BCUT2D eigenvalue weighted by molar-refractivity contribution is 5.88. The summed E-state index contributed by atoms with van der Waals surface area (Å²) in [4.78, 5) is 41.9. The van der Waals surface area contributed by atoms with Crippen LogP contribution in [0.15, 0.2) is 56.0 Å². The summed E-state index contributed by atoms with van der Waals surface area (Å²) in [6.07, 6.45) is 7.17. The molecule has 0 spiro atoms. The summed E-state index contributed by atoms with van der Waals surface area (Å²) >= 11 is 0. The van der Waals surface area contributed by atoms with Gasteiger partial charge in [-0.25, -0.2) is 38.8 Å². The molecule has 40 heavy (non-hydrogen) atoms. The van der Waals surface area contributed by atoms with Gasteiger partial charge in [0.15, 0.2) is 17.3 Å². The second-order valence-electron chi connectivity index (χ2n) is 9.22. The first-order valence-corrected chi connectivity index (χ1v) is 12.5. The Kier molecular flexibility index (Phi) is 6.34. The molecule has 1 aliphatic rings. The van der Waals surface area contributed by atoms with Crippen molar-refractivity contribution in [3.8, 4) is 11.6 Å². The number of amides is 1. The quantitative estimate of drug-likeness (QED) is 0.317. The molecule has 1 atom stereocenters. The summed E-state index contributed by atoms with van der Waals surface area (Å²) in [5.74, 6) is 0.749. The summed E-state index contributed by atoms with van der Waals surface area (Å²) in [5, 5.41) is 7.04. The van der Waals surface area contributed by atoms with E-state index in [1.165, 1.54) is 29.6 Å². The number of ether oxygens (including phenoxy) is 1. The SMILES string of the molecule is C=CC(=O)N1CCN(c2ncc3ncnc(Nc4ccc(Oc5cc6ncnn6cn5)c(C)c4F)c3n2)C[C@H]1C. The maximum atomic E-state index is 15.5. The lowest BCUT2D eigenvalue weighted by Gasteiger charge is -2.39. The Labute approximate surface area is 227 Å². The Morgan fingerprint density at radius 1 is 1.18 bits per heavy atom. The van der Waals surface area contributed by atoms with Gasteiger partial charge in [-0.3, -0.25) is 4.79 Å². The molecule has 0 aliphatic carbocycles. The molecular formula is C26H24FN11O2. The molecule has 1 saturated heterocycles. The standard InChI is InChI=1S/C26H24FN11O2/c1-4-22(39)37-8-7-36(11-15(37)2)26-28-10-18-24(35-26)25(31-12-29-18)34-17-5-6-19(16(3)23(17)27)40-21-9-20-30-13-33-38(20)14-32-21/h4-6,9-10,12-15H,1,7-8,11H2,2-3H3,(H,29,31,34)/t15-/m1/s1. The number of hydrogen-bond acceptors (Lipinski definition) is 11. The van der Waals surface area contributed by atoms with Gasteiger partial charge in [0, 0.05) is 37.3 Å². The third kappa shape index (κ3) is 4.59. The van der Waals surface area contributed by atoms with Crippen molar-refractivity contribution in [1.29, 1.82) is 0 Å². The van der Waals surface area contributed by atoms with Gasteiger partial charge < -0.3 is 19.9 Å². The highest BCUT2D eigenvalue weighted by Crippen LogP contribution is 2.32. The van der Waals surface area contributed by atoms with Gasteiger partial charge in [0.25, 0.3) is 0 Å². The molecule has 202 valence electrons. The molecule has 0 bridgehead atoms. The average molecular weight is 542 g/mol. The molecule has 5 heterocycles. The van der Waals surface area contributed by atoms with Gasteiger partial charge >= 0.3 is 0 Å². The molecule has 0 unspecified atom stereocenters. The Morgan fingerprint density at radius 3 is 2.88 bits per heavy atom. The molecular weight excluding hydrogens is 517 g/mol. The van der Waals surface area contributed by atoms with E-state index in [1.807, 2.05) is 11.8 Å². The number of anilines is 3. The first-order chi connectivity index (χ1) is 19.4. The molecule has 0 radical (unpaired) electrons. The topological polar surface area (TPSA) is 139 Å². The molecule has 1 N–H and O–H groups in total. The van der Waals surface area contributed by atoms with Gasteiger partial charge in [0.05, 0.1) is 11.9 Å². The number of fused-ring (bicyclic) bond motifs is 2. The molecule has 4 aromatic heterocycles. The lowest BCUT2D eigenvalue weighted by atomic mass is 10.2. The zero-order valence-electron chi connectivity index (χ0n) is 21.7. The number of nitrogens with zero attached hydrogens (tertiary/aromatic N) is 10. The fourth-order valence-electron chi connectivity index (χ4n) is 4.55. The number of carbonyl (C=O) groups is 1. The third-order valence-electron chi connectivity index (χ3n) is 6.68. The minimum Gasteiger partial charge on any atom is -0.438 e. The van der Waals surface area contributed by atoms with E-state index in [4.69, 9.17) is 9.72 Å². The van der Waals surface area contributed by atoms with Gasteiger partial charge in [-0.2, -0.15) is 5.10 Å². The number of aromatic nitrogens is 8. The van der Waals surface area contributed by atoms with Crippen LogP contribution < -0.4 is 15.0 Å². The largest absolute Gasteiger partial charge is 0.438 e. The Hall–Kier alpha value is -5.27. The maximum absolute atomic E-state index is 15.5. The number of rotatable bonds is 6. The van der Waals surface area contributed by atoms with Crippen molar-refractivity contribution in [2.75, 3.05) is 29.9 Å². The number of piperazine rings is 1. The summed E-state index contributed by atoms with van der Waals surface area (Å²) < 4.78 is 22.8. The lowest BCUT2D eigenvalue weighted by Crippen LogP contribution is -2.54. The second kappa shape index (κ2) is 10.1. The molecule has 1 amide bonds. The first kappa shape index (κ1) is 25.0. The molecule has 14 heteroatoms. The van der Waals surface area contributed by atoms with E-state index in [0.717, 1.165) is 0 Å². The van der Waals surface area contributed by atoms with Crippen molar-refractivity contribution >= 4 is 40.0 Å². The van der Waals surface area contributed by atoms with Crippen LogP contribution in [-0.4, -0.2) is 76.0 Å². The average Bonchev–Trinajstić information content (AvgIpc) is 3.44. The Balaban J connectivity index is 1.25. The lowest BCUT2D eigenvalue weighted by molar-refractivity contribution is -0.128. The van der Waals surface area contributed by atoms with Crippen LogP contribution in [0.3, 0.4) is 0 Å². The normalized spacial score (nSPS) is 15.4. The van der Waals surface area contributed by atoms with Crippen LogP contribution in [-0.2, 0) is 4.79 Å². The van der Waals surface area contributed by atoms with Crippen LogP contribution in [0.4, 0.5) is 21.8 Å². The van der Waals surface area contributed by atoms with Gasteiger partial charge in [-0.15, -0.1) is 0 Å². The smallest absolute Gasteiger partial charge is 0.246 e.